The molecule has 0 unspecified atom stereocenters. The van der Waals surface area contributed by atoms with Gasteiger partial charge in [0.2, 0.25) is 5.89 Å². The summed E-state index contributed by atoms with van der Waals surface area (Å²) in [6.07, 6.45) is 0. The molecule has 3 nitrogen and oxygen atoms in total. The summed E-state index contributed by atoms with van der Waals surface area (Å²) in [5, 5.41) is 7.44. The summed E-state index contributed by atoms with van der Waals surface area (Å²) in [5.41, 5.74) is 17.9. The standard InChI is InChI=1S/C63H40N2O/c1-3-13-46-37-48(27-21-41(46)11-1)50-31-35-60-57(39-50)58-40-51(49-28-22-42-12-2-4-14-47(42)38-49)32-36-61(58)65(60)52-33-29-44(30-34-52)54-16-6-8-18-56(54)55-17-7-5-15-53(55)43-23-25-45(26-24-43)63-64-59-19-9-10-20-62(59)66-63/h1-40H. The zero-order valence-corrected chi connectivity index (χ0v) is 35.9. The van der Waals surface area contributed by atoms with Crippen molar-refractivity contribution in [3.8, 4) is 72.8 Å². The Morgan fingerprint density at radius 2 is 0.712 bits per heavy atom. The molecule has 0 N–H and O–H groups in total. The van der Waals surface area contributed by atoms with Gasteiger partial charge in [0.15, 0.2) is 5.58 Å². The van der Waals surface area contributed by atoms with Crippen LogP contribution < -0.4 is 0 Å². The summed E-state index contributed by atoms with van der Waals surface area (Å²) in [7, 11) is 0. The molecule has 0 aliphatic carbocycles. The predicted octanol–water partition coefficient (Wildman–Crippen LogP) is 17.2. The first-order chi connectivity index (χ1) is 32.7. The van der Waals surface area contributed by atoms with Gasteiger partial charge in [-0.15, -0.1) is 0 Å². The van der Waals surface area contributed by atoms with E-state index in [9.17, 15) is 0 Å². The van der Waals surface area contributed by atoms with Crippen LogP contribution >= 0.6 is 0 Å². The van der Waals surface area contributed by atoms with E-state index in [4.69, 9.17) is 9.40 Å². The molecule has 0 bridgehead atoms. The van der Waals surface area contributed by atoms with Crippen LogP contribution in [0.25, 0.3) is 127 Å². The number of rotatable bonds is 7. The van der Waals surface area contributed by atoms with Crippen molar-refractivity contribution in [1.29, 1.82) is 0 Å². The number of hydrogen-bond donors (Lipinski definition) is 0. The van der Waals surface area contributed by atoms with E-state index in [-0.39, 0.29) is 0 Å². The van der Waals surface area contributed by atoms with Crippen molar-refractivity contribution in [2.45, 2.75) is 0 Å². The molecule has 0 aliphatic heterocycles. The lowest BCUT2D eigenvalue weighted by molar-refractivity contribution is 0.620. The molecule has 13 aromatic rings. The molecule has 2 heterocycles. The molecule has 0 spiro atoms. The fourth-order valence-electron chi connectivity index (χ4n) is 9.92. The Morgan fingerprint density at radius 1 is 0.303 bits per heavy atom. The van der Waals surface area contributed by atoms with E-state index < -0.39 is 0 Å². The average molecular weight is 841 g/mol. The highest BCUT2D eigenvalue weighted by Gasteiger charge is 2.18. The van der Waals surface area contributed by atoms with Crippen LogP contribution in [-0.2, 0) is 0 Å². The van der Waals surface area contributed by atoms with Gasteiger partial charge >= 0.3 is 0 Å². The topological polar surface area (TPSA) is 31.0 Å². The van der Waals surface area contributed by atoms with Gasteiger partial charge < -0.3 is 8.98 Å². The number of aromatic nitrogens is 2. The first-order valence-electron chi connectivity index (χ1n) is 22.5. The number of nitrogens with zero attached hydrogens (tertiary/aromatic N) is 2. The van der Waals surface area contributed by atoms with E-state index in [0.29, 0.717) is 5.89 Å². The maximum Gasteiger partial charge on any atom is 0.227 e. The van der Waals surface area contributed by atoms with E-state index >= 15 is 0 Å². The van der Waals surface area contributed by atoms with Gasteiger partial charge in [-0.1, -0.05) is 170 Å². The van der Waals surface area contributed by atoms with Crippen LogP contribution in [0.5, 0.6) is 0 Å². The molecule has 0 saturated heterocycles. The van der Waals surface area contributed by atoms with Crippen molar-refractivity contribution >= 4 is 54.5 Å². The summed E-state index contributed by atoms with van der Waals surface area (Å²) < 4.78 is 8.51. The van der Waals surface area contributed by atoms with E-state index in [1.807, 2.05) is 24.3 Å². The fraction of sp³-hybridized carbons (Fsp3) is 0. The molecule has 3 heteroatoms. The second kappa shape index (κ2) is 15.5. The van der Waals surface area contributed by atoms with E-state index in [1.165, 1.54) is 87.9 Å². The van der Waals surface area contributed by atoms with Crippen LogP contribution in [0.3, 0.4) is 0 Å². The monoisotopic (exact) mass is 840 g/mol. The first kappa shape index (κ1) is 37.7. The van der Waals surface area contributed by atoms with Gasteiger partial charge in [0.1, 0.15) is 5.52 Å². The molecule has 11 aromatic carbocycles. The van der Waals surface area contributed by atoms with Crippen molar-refractivity contribution in [2.75, 3.05) is 0 Å². The van der Waals surface area contributed by atoms with Crippen molar-refractivity contribution in [3.63, 3.8) is 0 Å². The van der Waals surface area contributed by atoms with Gasteiger partial charge in [0.05, 0.1) is 11.0 Å². The smallest absolute Gasteiger partial charge is 0.227 e. The molecule has 66 heavy (non-hydrogen) atoms. The minimum absolute atomic E-state index is 0.627. The second-order valence-electron chi connectivity index (χ2n) is 17.1. The molecule has 0 atom stereocenters. The molecule has 0 fully saturated rings. The Kier molecular flexibility index (Phi) is 8.85. The Morgan fingerprint density at radius 3 is 1.26 bits per heavy atom. The minimum Gasteiger partial charge on any atom is -0.436 e. The second-order valence-corrected chi connectivity index (χ2v) is 17.1. The summed E-state index contributed by atoms with van der Waals surface area (Å²) in [4.78, 5) is 4.73. The Hall–Kier alpha value is -8.79. The van der Waals surface area contributed by atoms with Gasteiger partial charge in [-0.3, -0.25) is 0 Å². The average Bonchev–Trinajstić information content (AvgIpc) is 3.98. The lowest BCUT2D eigenvalue weighted by Gasteiger charge is -2.16. The summed E-state index contributed by atoms with van der Waals surface area (Å²) >= 11 is 0. The van der Waals surface area contributed by atoms with E-state index in [2.05, 4.69) is 223 Å². The van der Waals surface area contributed by atoms with Crippen LogP contribution in [0.1, 0.15) is 0 Å². The normalized spacial score (nSPS) is 11.6. The van der Waals surface area contributed by atoms with Crippen molar-refractivity contribution in [2.24, 2.45) is 0 Å². The minimum atomic E-state index is 0.627. The molecular weight excluding hydrogens is 801 g/mol. The van der Waals surface area contributed by atoms with Crippen molar-refractivity contribution in [3.05, 3.63) is 243 Å². The van der Waals surface area contributed by atoms with Gasteiger partial charge in [-0.05, 0) is 150 Å². The van der Waals surface area contributed by atoms with Crippen molar-refractivity contribution in [1.82, 2.24) is 9.55 Å². The van der Waals surface area contributed by atoms with Gasteiger partial charge in [-0.2, -0.15) is 0 Å². The molecule has 0 saturated carbocycles. The number of benzene rings is 11. The third-order valence-corrected chi connectivity index (χ3v) is 13.2. The third-order valence-electron chi connectivity index (χ3n) is 13.2. The van der Waals surface area contributed by atoms with Crippen LogP contribution in [0, 0.1) is 0 Å². The summed E-state index contributed by atoms with van der Waals surface area (Å²) in [5.74, 6) is 0.627. The molecule has 0 radical (unpaired) electrons. The highest BCUT2D eigenvalue weighted by atomic mass is 16.3. The SMILES string of the molecule is c1ccc(-c2ccccc2-c2ccc(-n3c4ccc(-c5ccc6ccccc6c5)cc4c4cc(-c5ccc6ccccc6c5)ccc43)cc2)c(-c2ccc(-c3nc4ccccc4o3)cc2)c1. The quantitative estimate of drug-likeness (QED) is 0.160. The van der Waals surface area contributed by atoms with E-state index in [0.717, 1.165) is 33.5 Å². The van der Waals surface area contributed by atoms with Crippen LogP contribution in [-0.4, -0.2) is 9.55 Å². The summed E-state index contributed by atoms with van der Waals surface area (Å²) in [6.45, 7) is 0. The van der Waals surface area contributed by atoms with Gasteiger partial charge in [0.25, 0.3) is 0 Å². The number of hydrogen-bond acceptors (Lipinski definition) is 2. The number of fused-ring (bicyclic) bond motifs is 6. The van der Waals surface area contributed by atoms with Gasteiger partial charge in [-0.25, -0.2) is 4.98 Å². The van der Waals surface area contributed by atoms with Crippen molar-refractivity contribution < 1.29 is 4.42 Å². The Bertz CT molecular complexity index is 3810. The molecule has 13 rings (SSSR count). The fourth-order valence-corrected chi connectivity index (χ4v) is 9.92. The first-order valence-corrected chi connectivity index (χ1v) is 22.5. The number of oxazole rings is 1. The maximum absolute atomic E-state index is 6.09. The molecule has 308 valence electrons. The third kappa shape index (κ3) is 6.48. The van der Waals surface area contributed by atoms with Crippen LogP contribution in [0.4, 0.5) is 0 Å². The molecular formula is C63H40N2O. The Labute approximate surface area is 382 Å². The lowest BCUT2D eigenvalue weighted by Crippen LogP contribution is -1.94. The molecule has 2 aromatic heterocycles. The largest absolute Gasteiger partial charge is 0.436 e. The Balaban J connectivity index is 0.894. The van der Waals surface area contributed by atoms with Gasteiger partial charge in [0, 0.05) is 22.0 Å². The lowest BCUT2D eigenvalue weighted by atomic mass is 9.89. The maximum atomic E-state index is 6.09. The highest BCUT2D eigenvalue weighted by Crippen LogP contribution is 2.41. The summed E-state index contributed by atoms with van der Waals surface area (Å²) in [6, 6.07) is 87.6. The molecule has 0 aliphatic rings. The highest BCUT2D eigenvalue weighted by molar-refractivity contribution is 6.12. The van der Waals surface area contributed by atoms with Crippen LogP contribution in [0.15, 0.2) is 247 Å². The molecule has 0 amide bonds. The van der Waals surface area contributed by atoms with Crippen LogP contribution in [0.2, 0.25) is 0 Å². The predicted molar refractivity (Wildman–Crippen MR) is 276 cm³/mol. The number of para-hydroxylation sites is 2. The zero-order valence-electron chi connectivity index (χ0n) is 35.9. The van der Waals surface area contributed by atoms with E-state index in [1.54, 1.807) is 0 Å². The zero-order chi connectivity index (χ0) is 43.6.